The van der Waals surface area contributed by atoms with Crippen LogP contribution < -0.4 is 10.6 Å². The molecule has 0 spiro atoms. The van der Waals surface area contributed by atoms with E-state index in [4.69, 9.17) is 4.42 Å². The average molecular weight is 277 g/mol. The van der Waals surface area contributed by atoms with Crippen molar-refractivity contribution >= 4 is 17.5 Å². The minimum atomic E-state index is -0.513. The van der Waals surface area contributed by atoms with Gasteiger partial charge in [-0.1, -0.05) is 0 Å². The molecule has 0 fully saturated rings. The first-order chi connectivity index (χ1) is 9.60. The van der Waals surface area contributed by atoms with Gasteiger partial charge in [-0.2, -0.15) is 4.98 Å². The maximum Gasteiger partial charge on any atom is 0.329 e. The first-order valence-corrected chi connectivity index (χ1v) is 6.08. The quantitative estimate of drug-likeness (QED) is 0.614. The van der Waals surface area contributed by atoms with Crippen LogP contribution in [0.3, 0.4) is 0 Å². The minimum Gasteiger partial charge on any atom is -0.469 e. The number of hydrogen-bond donors (Lipinski definition) is 2. The lowest BCUT2D eigenvalue weighted by molar-refractivity contribution is -0.384. The van der Waals surface area contributed by atoms with Gasteiger partial charge in [0, 0.05) is 19.5 Å². The molecular weight excluding hydrogens is 262 g/mol. The zero-order chi connectivity index (χ0) is 14.5. The van der Waals surface area contributed by atoms with E-state index in [9.17, 15) is 10.1 Å². The Hall–Kier alpha value is -2.64. The van der Waals surface area contributed by atoms with Crippen LogP contribution in [0.2, 0.25) is 0 Å². The summed E-state index contributed by atoms with van der Waals surface area (Å²) in [7, 11) is 1.65. The average Bonchev–Trinajstić information content (AvgIpc) is 2.90. The smallest absolute Gasteiger partial charge is 0.329 e. The van der Waals surface area contributed by atoms with E-state index >= 15 is 0 Å². The van der Waals surface area contributed by atoms with E-state index in [1.54, 1.807) is 19.4 Å². The van der Waals surface area contributed by atoms with Crippen LogP contribution in [-0.2, 0) is 6.42 Å². The van der Waals surface area contributed by atoms with Gasteiger partial charge in [0.15, 0.2) is 0 Å². The molecule has 0 aliphatic heterocycles. The highest BCUT2D eigenvalue weighted by atomic mass is 16.6. The van der Waals surface area contributed by atoms with Crippen LogP contribution in [0.4, 0.5) is 17.5 Å². The lowest BCUT2D eigenvalue weighted by Gasteiger charge is -2.13. The molecule has 0 radical (unpaired) electrons. The first kappa shape index (κ1) is 13.8. The third kappa shape index (κ3) is 3.22. The summed E-state index contributed by atoms with van der Waals surface area (Å²) >= 11 is 0. The molecule has 2 rings (SSSR count). The van der Waals surface area contributed by atoms with Gasteiger partial charge >= 0.3 is 5.69 Å². The van der Waals surface area contributed by atoms with E-state index in [1.807, 2.05) is 13.0 Å². The molecule has 2 aromatic rings. The van der Waals surface area contributed by atoms with Crippen LogP contribution in [0.5, 0.6) is 0 Å². The van der Waals surface area contributed by atoms with Crippen molar-refractivity contribution in [3.63, 3.8) is 0 Å². The van der Waals surface area contributed by atoms with Gasteiger partial charge in [-0.25, -0.2) is 4.98 Å². The van der Waals surface area contributed by atoms with E-state index < -0.39 is 4.92 Å². The van der Waals surface area contributed by atoms with Crippen molar-refractivity contribution in [1.82, 2.24) is 9.97 Å². The number of nitro groups is 1. The Labute approximate surface area is 115 Å². The van der Waals surface area contributed by atoms with Gasteiger partial charge < -0.3 is 15.1 Å². The standard InChI is InChI=1S/C12H15N5O3/c1-8(6-9-4-3-5-20-9)15-11-10(17(18)19)7-14-12(13-2)16-11/h3-5,7-8H,6H2,1-2H3,(H2,13,14,15,16). The van der Waals surface area contributed by atoms with E-state index in [0.717, 1.165) is 5.76 Å². The number of nitrogens with zero attached hydrogens (tertiary/aromatic N) is 3. The molecule has 0 saturated carbocycles. The molecule has 1 atom stereocenters. The van der Waals surface area contributed by atoms with E-state index in [-0.39, 0.29) is 17.5 Å². The molecule has 106 valence electrons. The normalized spacial score (nSPS) is 11.9. The summed E-state index contributed by atoms with van der Waals surface area (Å²) in [5, 5.41) is 16.7. The molecule has 1 unspecified atom stereocenters. The lowest BCUT2D eigenvalue weighted by Crippen LogP contribution is -2.20. The van der Waals surface area contributed by atoms with E-state index in [1.165, 1.54) is 6.20 Å². The molecule has 0 amide bonds. The van der Waals surface area contributed by atoms with Gasteiger partial charge in [0.05, 0.1) is 11.2 Å². The monoisotopic (exact) mass is 277 g/mol. The van der Waals surface area contributed by atoms with Crippen molar-refractivity contribution in [3.05, 3.63) is 40.5 Å². The number of aromatic nitrogens is 2. The Morgan fingerprint density at radius 2 is 2.35 bits per heavy atom. The molecule has 0 aromatic carbocycles. The van der Waals surface area contributed by atoms with Crippen molar-refractivity contribution in [2.45, 2.75) is 19.4 Å². The van der Waals surface area contributed by atoms with Crippen LogP contribution in [0, 0.1) is 10.1 Å². The van der Waals surface area contributed by atoms with Gasteiger partial charge in [0.1, 0.15) is 12.0 Å². The minimum absolute atomic E-state index is 0.0699. The molecule has 2 aromatic heterocycles. The van der Waals surface area contributed by atoms with Crippen LogP contribution in [0.25, 0.3) is 0 Å². The Kier molecular flexibility index (Phi) is 4.14. The van der Waals surface area contributed by atoms with Crippen molar-refractivity contribution < 1.29 is 9.34 Å². The summed E-state index contributed by atoms with van der Waals surface area (Å²) in [6.07, 6.45) is 3.37. The van der Waals surface area contributed by atoms with Gasteiger partial charge in [-0.15, -0.1) is 0 Å². The number of anilines is 2. The molecule has 2 heterocycles. The van der Waals surface area contributed by atoms with Crippen LogP contribution in [0.15, 0.2) is 29.0 Å². The van der Waals surface area contributed by atoms with Crippen molar-refractivity contribution in [1.29, 1.82) is 0 Å². The molecular formula is C12H15N5O3. The maximum absolute atomic E-state index is 11.0. The molecule has 8 nitrogen and oxygen atoms in total. The SMILES string of the molecule is CNc1ncc([N+](=O)[O-])c(NC(C)Cc2ccco2)n1. The van der Waals surface area contributed by atoms with Gasteiger partial charge in [0.25, 0.3) is 0 Å². The van der Waals surface area contributed by atoms with Gasteiger partial charge in [0.2, 0.25) is 11.8 Å². The Morgan fingerprint density at radius 1 is 1.55 bits per heavy atom. The molecule has 8 heteroatoms. The molecule has 0 saturated heterocycles. The number of nitrogens with one attached hydrogen (secondary N) is 2. The highest BCUT2D eigenvalue weighted by molar-refractivity contribution is 5.57. The van der Waals surface area contributed by atoms with Crippen LogP contribution in [0.1, 0.15) is 12.7 Å². The summed E-state index contributed by atoms with van der Waals surface area (Å²) in [4.78, 5) is 18.4. The predicted octanol–water partition coefficient (Wildman–Crippen LogP) is 2.06. The second kappa shape index (κ2) is 6.00. The Morgan fingerprint density at radius 3 is 2.95 bits per heavy atom. The fraction of sp³-hybridized carbons (Fsp3) is 0.333. The molecule has 20 heavy (non-hydrogen) atoms. The third-order valence-corrected chi connectivity index (χ3v) is 2.66. The lowest BCUT2D eigenvalue weighted by atomic mass is 10.2. The second-order valence-corrected chi connectivity index (χ2v) is 4.26. The van der Waals surface area contributed by atoms with E-state index in [2.05, 4.69) is 20.6 Å². The molecule has 0 aliphatic carbocycles. The summed E-state index contributed by atoms with van der Waals surface area (Å²) in [6, 6.07) is 3.58. The first-order valence-electron chi connectivity index (χ1n) is 6.08. The zero-order valence-corrected chi connectivity index (χ0v) is 11.2. The van der Waals surface area contributed by atoms with Gasteiger partial charge in [-0.3, -0.25) is 10.1 Å². The Bertz CT molecular complexity index is 585. The topological polar surface area (TPSA) is 106 Å². The van der Waals surface area contributed by atoms with Crippen molar-refractivity contribution in [2.75, 3.05) is 17.7 Å². The predicted molar refractivity (Wildman–Crippen MR) is 73.7 cm³/mol. The van der Waals surface area contributed by atoms with Crippen molar-refractivity contribution in [2.24, 2.45) is 0 Å². The Balaban J connectivity index is 2.16. The fourth-order valence-corrected chi connectivity index (χ4v) is 1.75. The number of hydrogen-bond acceptors (Lipinski definition) is 7. The molecule has 0 aliphatic rings. The summed E-state index contributed by atoms with van der Waals surface area (Å²) in [5.41, 5.74) is -0.157. The van der Waals surface area contributed by atoms with Crippen molar-refractivity contribution in [3.8, 4) is 0 Å². The number of rotatable bonds is 6. The summed E-state index contributed by atoms with van der Waals surface area (Å²) in [5.74, 6) is 1.31. The summed E-state index contributed by atoms with van der Waals surface area (Å²) in [6.45, 7) is 1.90. The zero-order valence-electron chi connectivity index (χ0n) is 11.2. The highest BCUT2D eigenvalue weighted by Crippen LogP contribution is 2.23. The molecule has 0 bridgehead atoms. The molecule has 2 N–H and O–H groups in total. The second-order valence-electron chi connectivity index (χ2n) is 4.26. The third-order valence-electron chi connectivity index (χ3n) is 2.66. The van der Waals surface area contributed by atoms with Gasteiger partial charge in [-0.05, 0) is 19.1 Å². The van der Waals surface area contributed by atoms with E-state index in [0.29, 0.717) is 12.4 Å². The summed E-state index contributed by atoms with van der Waals surface area (Å²) < 4.78 is 5.25. The fourth-order valence-electron chi connectivity index (χ4n) is 1.75. The van der Waals surface area contributed by atoms with Crippen LogP contribution in [-0.4, -0.2) is 28.0 Å². The van der Waals surface area contributed by atoms with Crippen LogP contribution >= 0.6 is 0 Å². The maximum atomic E-state index is 11.0. The highest BCUT2D eigenvalue weighted by Gasteiger charge is 2.19. The largest absolute Gasteiger partial charge is 0.469 e. The number of furan rings is 1.